The minimum atomic E-state index is -3.69. The van der Waals surface area contributed by atoms with Crippen LogP contribution in [-0.4, -0.2) is 44.8 Å². The summed E-state index contributed by atoms with van der Waals surface area (Å²) in [6, 6.07) is 13.0. The number of carbonyl (C=O) groups is 2. The lowest BCUT2D eigenvalue weighted by molar-refractivity contribution is -0.126. The van der Waals surface area contributed by atoms with E-state index in [0.29, 0.717) is 43.7 Å². The molecule has 8 heteroatoms. The molecule has 0 spiro atoms. The van der Waals surface area contributed by atoms with Crippen molar-refractivity contribution in [2.45, 2.75) is 24.7 Å². The minimum absolute atomic E-state index is 0.00258. The number of aryl methyl sites for hydroxylation is 1. The van der Waals surface area contributed by atoms with Crippen molar-refractivity contribution >= 4 is 27.5 Å². The van der Waals surface area contributed by atoms with Gasteiger partial charge < -0.3 is 10.2 Å². The van der Waals surface area contributed by atoms with Crippen LogP contribution in [-0.2, 0) is 14.8 Å². The van der Waals surface area contributed by atoms with Crippen molar-refractivity contribution in [2.75, 3.05) is 24.4 Å². The van der Waals surface area contributed by atoms with Crippen LogP contribution in [0.3, 0.4) is 0 Å². The van der Waals surface area contributed by atoms with Crippen LogP contribution in [0, 0.1) is 12.8 Å². The third-order valence-corrected chi connectivity index (χ3v) is 6.69. The molecule has 1 saturated heterocycles. The molecule has 0 aromatic heterocycles. The number of nitrogens with zero attached hydrogens (tertiary/aromatic N) is 1. The van der Waals surface area contributed by atoms with E-state index in [1.165, 1.54) is 0 Å². The molecule has 2 amide bonds. The SMILES string of the molecule is C=CCNC(=O)C1CCN(C(=O)c2ccc(NS(=O)(=O)c3ccc(C)cc3)cc2)CC1. The summed E-state index contributed by atoms with van der Waals surface area (Å²) in [6.07, 6.45) is 2.87. The van der Waals surface area contributed by atoms with Crippen LogP contribution < -0.4 is 10.0 Å². The van der Waals surface area contributed by atoms with Gasteiger partial charge in [0.15, 0.2) is 0 Å². The summed E-state index contributed by atoms with van der Waals surface area (Å²) < 4.78 is 27.5. The number of piperidine rings is 1. The van der Waals surface area contributed by atoms with E-state index in [9.17, 15) is 18.0 Å². The summed E-state index contributed by atoms with van der Waals surface area (Å²) in [6.45, 7) is 6.93. The van der Waals surface area contributed by atoms with Crippen LogP contribution in [0.1, 0.15) is 28.8 Å². The zero-order valence-corrected chi connectivity index (χ0v) is 18.3. The molecule has 1 fully saturated rings. The van der Waals surface area contributed by atoms with E-state index in [1.54, 1.807) is 59.5 Å². The van der Waals surface area contributed by atoms with Crippen LogP contribution in [0.25, 0.3) is 0 Å². The molecule has 0 atom stereocenters. The molecular weight excluding hydrogens is 414 g/mol. The van der Waals surface area contributed by atoms with E-state index in [1.807, 2.05) is 6.92 Å². The highest BCUT2D eigenvalue weighted by Crippen LogP contribution is 2.21. The fraction of sp³-hybridized carbons (Fsp3) is 0.304. The first-order chi connectivity index (χ1) is 14.8. The number of sulfonamides is 1. The molecule has 0 radical (unpaired) electrons. The molecule has 0 saturated carbocycles. The van der Waals surface area contributed by atoms with Gasteiger partial charge in [0.25, 0.3) is 15.9 Å². The van der Waals surface area contributed by atoms with Gasteiger partial charge in [0.2, 0.25) is 5.91 Å². The van der Waals surface area contributed by atoms with Crippen LogP contribution in [0.2, 0.25) is 0 Å². The van der Waals surface area contributed by atoms with Crippen LogP contribution in [0.15, 0.2) is 66.1 Å². The summed E-state index contributed by atoms with van der Waals surface area (Å²) in [5.41, 5.74) is 1.84. The highest BCUT2D eigenvalue weighted by atomic mass is 32.2. The second kappa shape index (κ2) is 9.78. The zero-order valence-electron chi connectivity index (χ0n) is 17.5. The number of rotatable bonds is 7. The number of hydrogen-bond acceptors (Lipinski definition) is 4. The van der Waals surface area contributed by atoms with Gasteiger partial charge in [-0.15, -0.1) is 6.58 Å². The number of likely N-dealkylation sites (tertiary alicyclic amines) is 1. The second-order valence-corrected chi connectivity index (χ2v) is 9.28. The van der Waals surface area contributed by atoms with Gasteiger partial charge in [-0.2, -0.15) is 0 Å². The molecule has 1 aliphatic heterocycles. The quantitative estimate of drug-likeness (QED) is 0.646. The number of carbonyl (C=O) groups excluding carboxylic acids is 2. The average molecular weight is 442 g/mol. The Morgan fingerprint density at radius 3 is 2.26 bits per heavy atom. The molecular formula is C23H27N3O4S. The number of benzene rings is 2. The van der Waals surface area contributed by atoms with Gasteiger partial charge in [0.05, 0.1) is 4.90 Å². The Labute approximate surface area is 183 Å². The molecule has 7 nitrogen and oxygen atoms in total. The first kappa shape index (κ1) is 22.6. The number of anilines is 1. The maximum Gasteiger partial charge on any atom is 0.261 e. The third kappa shape index (κ3) is 5.73. The monoisotopic (exact) mass is 441 g/mol. The highest BCUT2D eigenvalue weighted by molar-refractivity contribution is 7.92. The fourth-order valence-electron chi connectivity index (χ4n) is 3.46. The van der Waals surface area contributed by atoms with Gasteiger partial charge in [-0.05, 0) is 56.2 Å². The zero-order chi connectivity index (χ0) is 22.4. The van der Waals surface area contributed by atoms with Crippen molar-refractivity contribution in [1.29, 1.82) is 0 Å². The summed E-state index contributed by atoms with van der Waals surface area (Å²) in [5, 5.41) is 2.80. The van der Waals surface area contributed by atoms with Crippen molar-refractivity contribution in [3.8, 4) is 0 Å². The average Bonchev–Trinajstić information content (AvgIpc) is 2.77. The van der Waals surface area contributed by atoms with E-state index in [2.05, 4.69) is 16.6 Å². The summed E-state index contributed by atoms with van der Waals surface area (Å²) in [5.74, 6) is -0.224. The molecule has 3 rings (SSSR count). The van der Waals surface area contributed by atoms with E-state index in [4.69, 9.17) is 0 Å². The molecule has 0 unspecified atom stereocenters. The van der Waals surface area contributed by atoms with E-state index in [0.717, 1.165) is 5.56 Å². The normalized spacial score (nSPS) is 14.7. The van der Waals surface area contributed by atoms with Crippen LogP contribution >= 0.6 is 0 Å². The number of amides is 2. The van der Waals surface area contributed by atoms with Gasteiger partial charge >= 0.3 is 0 Å². The molecule has 1 heterocycles. The van der Waals surface area contributed by atoms with Crippen molar-refractivity contribution in [3.63, 3.8) is 0 Å². The topological polar surface area (TPSA) is 95.6 Å². The Hall–Kier alpha value is -3.13. The summed E-state index contributed by atoms with van der Waals surface area (Å²) in [4.78, 5) is 26.7. The summed E-state index contributed by atoms with van der Waals surface area (Å²) >= 11 is 0. The highest BCUT2D eigenvalue weighted by Gasteiger charge is 2.27. The van der Waals surface area contributed by atoms with Gasteiger partial charge in [0.1, 0.15) is 0 Å². The van der Waals surface area contributed by atoms with Crippen molar-refractivity contribution in [1.82, 2.24) is 10.2 Å². The molecule has 31 heavy (non-hydrogen) atoms. The Morgan fingerprint density at radius 1 is 1.06 bits per heavy atom. The standard InChI is InChI=1S/C23H27N3O4S/c1-3-14-24-22(27)18-12-15-26(16-13-18)23(28)19-6-8-20(9-7-19)25-31(29,30)21-10-4-17(2)5-11-21/h3-11,18,25H,1,12-16H2,2H3,(H,24,27). The molecule has 2 aromatic rings. The molecule has 2 aromatic carbocycles. The molecule has 2 N–H and O–H groups in total. The number of hydrogen-bond donors (Lipinski definition) is 2. The maximum absolute atomic E-state index is 12.8. The number of nitrogens with one attached hydrogen (secondary N) is 2. The fourth-order valence-corrected chi connectivity index (χ4v) is 4.52. The van der Waals surface area contributed by atoms with Crippen molar-refractivity contribution in [3.05, 3.63) is 72.3 Å². The van der Waals surface area contributed by atoms with Gasteiger partial charge in [-0.1, -0.05) is 23.8 Å². The van der Waals surface area contributed by atoms with Crippen LogP contribution in [0.5, 0.6) is 0 Å². The largest absolute Gasteiger partial charge is 0.352 e. The Balaban J connectivity index is 1.59. The minimum Gasteiger partial charge on any atom is -0.352 e. The van der Waals surface area contributed by atoms with Crippen molar-refractivity contribution in [2.24, 2.45) is 5.92 Å². The predicted octanol–water partition coefficient (Wildman–Crippen LogP) is 2.95. The van der Waals surface area contributed by atoms with E-state index >= 15 is 0 Å². The Morgan fingerprint density at radius 2 is 1.68 bits per heavy atom. The van der Waals surface area contributed by atoms with Gasteiger partial charge in [-0.3, -0.25) is 14.3 Å². The molecule has 0 bridgehead atoms. The van der Waals surface area contributed by atoms with Crippen molar-refractivity contribution < 1.29 is 18.0 Å². The lowest BCUT2D eigenvalue weighted by Gasteiger charge is -2.31. The third-order valence-electron chi connectivity index (χ3n) is 5.29. The smallest absolute Gasteiger partial charge is 0.261 e. The lowest BCUT2D eigenvalue weighted by atomic mass is 9.95. The van der Waals surface area contributed by atoms with Gasteiger partial charge in [-0.25, -0.2) is 8.42 Å². The second-order valence-electron chi connectivity index (χ2n) is 7.60. The summed E-state index contributed by atoms with van der Waals surface area (Å²) in [7, 11) is -3.69. The maximum atomic E-state index is 12.8. The van der Waals surface area contributed by atoms with Gasteiger partial charge in [0, 0.05) is 36.8 Å². The first-order valence-electron chi connectivity index (χ1n) is 10.2. The molecule has 0 aliphatic carbocycles. The van der Waals surface area contributed by atoms with E-state index in [-0.39, 0.29) is 22.6 Å². The predicted molar refractivity (Wildman–Crippen MR) is 120 cm³/mol. The molecule has 1 aliphatic rings. The first-order valence-corrected chi connectivity index (χ1v) is 11.7. The molecule has 164 valence electrons. The van der Waals surface area contributed by atoms with Crippen LogP contribution in [0.4, 0.5) is 5.69 Å². The van der Waals surface area contributed by atoms with E-state index < -0.39 is 10.0 Å². The lowest BCUT2D eigenvalue weighted by Crippen LogP contribution is -2.43. The Bertz CT molecular complexity index is 1040. The Kier molecular flexibility index (Phi) is 7.12.